The van der Waals surface area contributed by atoms with Gasteiger partial charge in [-0.15, -0.1) is 12.4 Å². The number of nitrogens with zero attached hydrogens (tertiary/aromatic N) is 4. The summed E-state index contributed by atoms with van der Waals surface area (Å²) in [4.78, 5) is 22.0. The lowest BCUT2D eigenvalue weighted by molar-refractivity contribution is 0.206. The summed E-state index contributed by atoms with van der Waals surface area (Å²) in [6, 6.07) is 16.0. The molecule has 0 saturated carbocycles. The molecule has 1 N–H and O–H groups in total. The van der Waals surface area contributed by atoms with E-state index in [9.17, 15) is 4.79 Å². The van der Waals surface area contributed by atoms with Crippen LogP contribution in [0.15, 0.2) is 54.7 Å². The van der Waals surface area contributed by atoms with E-state index in [-0.39, 0.29) is 18.4 Å². The van der Waals surface area contributed by atoms with Crippen LogP contribution in [-0.2, 0) is 6.67 Å². The Balaban J connectivity index is 0.00000231. The number of methoxy groups -OCH3 is 1. The van der Waals surface area contributed by atoms with Gasteiger partial charge in [0.05, 0.1) is 24.7 Å². The summed E-state index contributed by atoms with van der Waals surface area (Å²) in [7, 11) is 1.66. The van der Waals surface area contributed by atoms with Crippen LogP contribution in [-0.4, -0.2) is 53.8 Å². The number of carbonyl (C=O) groups excluding carboxylic acids is 1. The van der Waals surface area contributed by atoms with Crippen LogP contribution >= 0.6 is 12.4 Å². The second-order valence-corrected chi connectivity index (χ2v) is 7.58. The fourth-order valence-corrected chi connectivity index (χ4v) is 4.22. The summed E-state index contributed by atoms with van der Waals surface area (Å²) < 4.78 is 7.40. The van der Waals surface area contributed by atoms with Gasteiger partial charge in [-0.05, 0) is 43.3 Å². The number of hydrogen-bond acceptors (Lipinski definition) is 4. The zero-order valence-corrected chi connectivity index (χ0v) is 18.3. The average molecular weight is 440 g/mol. The molecule has 2 aliphatic rings. The summed E-state index contributed by atoms with van der Waals surface area (Å²) >= 11 is 0. The highest BCUT2D eigenvalue weighted by atomic mass is 35.5. The third kappa shape index (κ3) is 3.86. The van der Waals surface area contributed by atoms with Gasteiger partial charge in [-0.3, -0.25) is 4.90 Å². The van der Waals surface area contributed by atoms with E-state index >= 15 is 0 Å². The molecule has 8 heteroatoms. The van der Waals surface area contributed by atoms with Crippen LogP contribution in [0.25, 0.3) is 22.6 Å². The molecule has 1 fully saturated rings. The first-order valence-corrected chi connectivity index (χ1v) is 10.3. The number of ether oxygens (including phenoxy) is 1. The van der Waals surface area contributed by atoms with Gasteiger partial charge >= 0.3 is 6.03 Å². The number of urea groups is 1. The number of benzene rings is 2. The van der Waals surface area contributed by atoms with Crippen molar-refractivity contribution in [3.8, 4) is 28.4 Å². The van der Waals surface area contributed by atoms with Gasteiger partial charge in [-0.1, -0.05) is 18.2 Å². The molecule has 2 amide bonds. The van der Waals surface area contributed by atoms with Crippen LogP contribution in [0.3, 0.4) is 0 Å². The van der Waals surface area contributed by atoms with Crippen molar-refractivity contribution in [1.29, 1.82) is 0 Å². The second kappa shape index (κ2) is 8.99. The van der Waals surface area contributed by atoms with E-state index in [1.165, 1.54) is 0 Å². The number of hydrogen-bond donors (Lipinski definition) is 1. The van der Waals surface area contributed by atoms with Crippen LogP contribution < -0.4 is 15.0 Å². The molecule has 2 aromatic carbocycles. The number of anilines is 1. The number of rotatable bonds is 2. The highest BCUT2D eigenvalue weighted by Crippen LogP contribution is 2.39. The van der Waals surface area contributed by atoms with Gasteiger partial charge in [-0.25, -0.2) is 9.78 Å². The molecule has 3 aromatic rings. The minimum atomic E-state index is 0. The van der Waals surface area contributed by atoms with Gasteiger partial charge in [0, 0.05) is 30.8 Å². The van der Waals surface area contributed by atoms with Crippen molar-refractivity contribution in [3.05, 3.63) is 54.7 Å². The predicted octanol–water partition coefficient (Wildman–Crippen LogP) is 3.84. The van der Waals surface area contributed by atoms with Gasteiger partial charge in [-0.2, -0.15) is 0 Å². The Kier molecular flexibility index (Phi) is 6.15. The molecule has 0 radical (unpaired) electrons. The molecule has 162 valence electrons. The lowest BCUT2D eigenvalue weighted by Gasteiger charge is -2.35. The zero-order valence-electron chi connectivity index (χ0n) is 17.5. The SMILES string of the molecule is COc1ccc(-c2ncc3n2CN(C(=O)N2CCCNCC2)c2ccccc2-3)cc1.Cl. The highest BCUT2D eigenvalue weighted by molar-refractivity contribution is 5.97. The number of carbonyl (C=O) groups is 1. The topological polar surface area (TPSA) is 62.6 Å². The normalized spacial score (nSPS) is 15.4. The van der Waals surface area contributed by atoms with E-state index in [1.807, 2.05) is 58.5 Å². The first kappa shape index (κ1) is 21.2. The Hall–Kier alpha value is -3.03. The Morgan fingerprint density at radius 3 is 2.68 bits per heavy atom. The van der Waals surface area contributed by atoms with Crippen molar-refractivity contribution in [2.24, 2.45) is 0 Å². The van der Waals surface area contributed by atoms with Gasteiger partial charge in [0.25, 0.3) is 0 Å². The van der Waals surface area contributed by atoms with Crippen LogP contribution in [0.4, 0.5) is 10.5 Å². The molecule has 0 aliphatic carbocycles. The number of para-hydroxylation sites is 1. The maximum Gasteiger partial charge on any atom is 0.326 e. The summed E-state index contributed by atoms with van der Waals surface area (Å²) in [6.45, 7) is 3.71. The molecule has 0 spiro atoms. The molecule has 2 aliphatic heterocycles. The predicted molar refractivity (Wildman–Crippen MR) is 124 cm³/mol. The van der Waals surface area contributed by atoms with Crippen LogP contribution in [0.2, 0.25) is 0 Å². The monoisotopic (exact) mass is 439 g/mol. The van der Waals surface area contributed by atoms with E-state index in [4.69, 9.17) is 9.72 Å². The second-order valence-electron chi connectivity index (χ2n) is 7.58. The van der Waals surface area contributed by atoms with Crippen molar-refractivity contribution in [2.45, 2.75) is 13.1 Å². The van der Waals surface area contributed by atoms with E-state index < -0.39 is 0 Å². The molecule has 0 bridgehead atoms. The minimum absolute atomic E-state index is 0. The minimum Gasteiger partial charge on any atom is -0.497 e. The lowest BCUT2D eigenvalue weighted by Crippen LogP contribution is -2.46. The number of imidazole rings is 1. The lowest BCUT2D eigenvalue weighted by atomic mass is 10.1. The van der Waals surface area contributed by atoms with E-state index in [2.05, 4.69) is 16.0 Å². The molecule has 5 rings (SSSR count). The zero-order chi connectivity index (χ0) is 20.5. The van der Waals surface area contributed by atoms with Crippen LogP contribution in [0.1, 0.15) is 6.42 Å². The van der Waals surface area contributed by atoms with Crippen molar-refractivity contribution >= 4 is 24.1 Å². The largest absolute Gasteiger partial charge is 0.497 e. The summed E-state index contributed by atoms with van der Waals surface area (Å²) in [5.41, 5.74) is 3.98. The third-order valence-corrected chi connectivity index (χ3v) is 5.80. The summed E-state index contributed by atoms with van der Waals surface area (Å²) in [5, 5.41) is 3.37. The number of aromatic nitrogens is 2. The van der Waals surface area contributed by atoms with Crippen molar-refractivity contribution in [2.75, 3.05) is 38.2 Å². The fraction of sp³-hybridized carbons (Fsp3) is 0.304. The molecular formula is C23H26ClN5O2. The first-order chi connectivity index (χ1) is 14.8. The fourth-order valence-electron chi connectivity index (χ4n) is 4.22. The van der Waals surface area contributed by atoms with Gasteiger partial charge in [0.15, 0.2) is 0 Å². The maximum atomic E-state index is 13.5. The van der Waals surface area contributed by atoms with E-state index in [1.54, 1.807) is 7.11 Å². The van der Waals surface area contributed by atoms with Crippen molar-refractivity contribution in [1.82, 2.24) is 19.8 Å². The molecule has 3 heterocycles. The van der Waals surface area contributed by atoms with Gasteiger partial charge < -0.3 is 19.5 Å². The third-order valence-electron chi connectivity index (χ3n) is 5.80. The Morgan fingerprint density at radius 1 is 1.06 bits per heavy atom. The van der Waals surface area contributed by atoms with Gasteiger partial charge in [0.2, 0.25) is 0 Å². The standard InChI is InChI=1S/C23H25N5O2.ClH/c1-30-18-9-7-17(8-10-18)22-25-15-21-19-5-2-3-6-20(19)28(16-27(21)22)23(29)26-13-4-11-24-12-14-26;/h2-3,5-10,15,24H,4,11-14,16H2,1H3;1H. The molecule has 1 aromatic heterocycles. The molecule has 31 heavy (non-hydrogen) atoms. The molecule has 7 nitrogen and oxygen atoms in total. The molecular weight excluding hydrogens is 414 g/mol. The Bertz CT molecular complexity index is 1060. The molecule has 1 saturated heterocycles. The quantitative estimate of drug-likeness (QED) is 0.659. The van der Waals surface area contributed by atoms with E-state index in [0.717, 1.165) is 66.7 Å². The number of nitrogens with one attached hydrogen (secondary N) is 1. The smallest absolute Gasteiger partial charge is 0.326 e. The van der Waals surface area contributed by atoms with E-state index in [0.29, 0.717) is 6.67 Å². The summed E-state index contributed by atoms with van der Waals surface area (Å²) in [6.07, 6.45) is 2.87. The van der Waals surface area contributed by atoms with Crippen molar-refractivity contribution in [3.63, 3.8) is 0 Å². The molecule has 0 unspecified atom stereocenters. The van der Waals surface area contributed by atoms with Crippen LogP contribution in [0, 0.1) is 0 Å². The summed E-state index contributed by atoms with van der Waals surface area (Å²) in [5.74, 6) is 1.65. The molecule has 0 atom stereocenters. The number of halogens is 1. The highest BCUT2D eigenvalue weighted by Gasteiger charge is 2.31. The Labute approximate surface area is 188 Å². The Morgan fingerprint density at radius 2 is 1.87 bits per heavy atom. The van der Waals surface area contributed by atoms with Gasteiger partial charge in [0.1, 0.15) is 18.2 Å². The van der Waals surface area contributed by atoms with Crippen LogP contribution in [0.5, 0.6) is 5.75 Å². The average Bonchev–Trinajstić information content (AvgIpc) is 3.03. The maximum absolute atomic E-state index is 13.5. The number of fused-ring (bicyclic) bond motifs is 3. The first-order valence-electron chi connectivity index (χ1n) is 10.3. The van der Waals surface area contributed by atoms with Crippen molar-refractivity contribution < 1.29 is 9.53 Å². The number of amides is 2.